The molecular formula is C21H19N3O4. The summed E-state index contributed by atoms with van der Waals surface area (Å²) in [4.78, 5) is 40.3. The van der Waals surface area contributed by atoms with E-state index in [0.29, 0.717) is 22.6 Å². The SMILES string of the molecule is Cn1ccnc1C(=O)c1ccc(NC(=O)C[C@H](C(=O)O)c2ccccc2)cc1. The molecule has 2 aromatic carbocycles. The quantitative estimate of drug-likeness (QED) is 0.617. The van der Waals surface area contributed by atoms with Crippen molar-refractivity contribution in [3.05, 3.63) is 83.9 Å². The first-order valence-electron chi connectivity index (χ1n) is 8.65. The summed E-state index contributed by atoms with van der Waals surface area (Å²) in [6, 6.07) is 15.0. The number of anilines is 1. The van der Waals surface area contributed by atoms with E-state index in [-0.39, 0.29) is 12.2 Å². The molecule has 0 radical (unpaired) electrons. The van der Waals surface area contributed by atoms with Crippen LogP contribution in [0.25, 0.3) is 0 Å². The summed E-state index contributed by atoms with van der Waals surface area (Å²) >= 11 is 0. The molecule has 7 heteroatoms. The lowest BCUT2D eigenvalue weighted by Gasteiger charge is -2.13. The summed E-state index contributed by atoms with van der Waals surface area (Å²) < 4.78 is 1.63. The maximum atomic E-state index is 12.4. The van der Waals surface area contributed by atoms with Gasteiger partial charge in [-0.2, -0.15) is 0 Å². The van der Waals surface area contributed by atoms with Crippen LogP contribution in [0.5, 0.6) is 0 Å². The van der Waals surface area contributed by atoms with E-state index < -0.39 is 17.8 Å². The Hall–Kier alpha value is -3.74. The Morgan fingerprint density at radius 1 is 1.07 bits per heavy atom. The Kier molecular flexibility index (Phi) is 5.64. The predicted octanol–water partition coefficient (Wildman–Crippen LogP) is 2.85. The highest BCUT2D eigenvalue weighted by Gasteiger charge is 2.23. The zero-order valence-electron chi connectivity index (χ0n) is 15.2. The van der Waals surface area contributed by atoms with Gasteiger partial charge in [0.25, 0.3) is 0 Å². The molecule has 142 valence electrons. The van der Waals surface area contributed by atoms with Gasteiger partial charge in [-0.25, -0.2) is 4.98 Å². The van der Waals surface area contributed by atoms with Gasteiger partial charge < -0.3 is 15.0 Å². The van der Waals surface area contributed by atoms with E-state index >= 15 is 0 Å². The fraction of sp³-hybridized carbons (Fsp3) is 0.143. The number of nitrogens with one attached hydrogen (secondary N) is 1. The lowest BCUT2D eigenvalue weighted by atomic mass is 9.95. The predicted molar refractivity (Wildman–Crippen MR) is 103 cm³/mol. The van der Waals surface area contributed by atoms with Gasteiger partial charge in [0.2, 0.25) is 11.7 Å². The molecule has 2 N–H and O–H groups in total. The summed E-state index contributed by atoms with van der Waals surface area (Å²) in [5.74, 6) is -2.30. The zero-order chi connectivity index (χ0) is 20.1. The van der Waals surface area contributed by atoms with Gasteiger partial charge in [-0.15, -0.1) is 0 Å². The van der Waals surface area contributed by atoms with Gasteiger partial charge in [0, 0.05) is 37.1 Å². The van der Waals surface area contributed by atoms with Crippen LogP contribution in [0.15, 0.2) is 67.0 Å². The van der Waals surface area contributed by atoms with Gasteiger partial charge in [-0.1, -0.05) is 30.3 Å². The number of aromatic nitrogens is 2. The van der Waals surface area contributed by atoms with Crippen molar-refractivity contribution in [2.24, 2.45) is 7.05 Å². The molecule has 0 saturated carbocycles. The van der Waals surface area contributed by atoms with Gasteiger partial charge in [-0.3, -0.25) is 14.4 Å². The molecule has 0 bridgehead atoms. The summed E-state index contributed by atoms with van der Waals surface area (Å²) in [6.07, 6.45) is 3.05. The molecule has 1 amide bonds. The van der Waals surface area contributed by atoms with Gasteiger partial charge in [0.15, 0.2) is 5.82 Å². The maximum absolute atomic E-state index is 12.4. The zero-order valence-corrected chi connectivity index (χ0v) is 15.2. The average Bonchev–Trinajstić information content (AvgIpc) is 3.12. The van der Waals surface area contributed by atoms with E-state index in [9.17, 15) is 19.5 Å². The third-order valence-corrected chi connectivity index (χ3v) is 4.34. The number of hydrogen-bond acceptors (Lipinski definition) is 4. The topological polar surface area (TPSA) is 101 Å². The number of nitrogens with zero attached hydrogens (tertiary/aromatic N) is 2. The minimum absolute atomic E-state index is 0.187. The molecule has 1 aromatic heterocycles. The number of carbonyl (C=O) groups excluding carboxylic acids is 2. The number of imidazole rings is 1. The first kappa shape index (κ1) is 19.0. The number of rotatable bonds is 7. The summed E-state index contributed by atoms with van der Waals surface area (Å²) in [5, 5.41) is 12.1. The van der Waals surface area contributed by atoms with Gasteiger partial charge in [-0.05, 0) is 29.8 Å². The molecule has 7 nitrogen and oxygen atoms in total. The third kappa shape index (κ3) is 4.32. The van der Waals surface area contributed by atoms with Crippen LogP contribution in [0.2, 0.25) is 0 Å². The third-order valence-electron chi connectivity index (χ3n) is 4.34. The number of benzene rings is 2. The van der Waals surface area contributed by atoms with E-state index in [1.807, 2.05) is 0 Å². The van der Waals surface area contributed by atoms with E-state index in [2.05, 4.69) is 10.3 Å². The molecule has 0 aliphatic heterocycles. The Bertz CT molecular complexity index is 994. The largest absolute Gasteiger partial charge is 0.481 e. The van der Waals surface area contributed by atoms with Crippen LogP contribution >= 0.6 is 0 Å². The lowest BCUT2D eigenvalue weighted by Crippen LogP contribution is -2.21. The molecule has 3 rings (SSSR count). The summed E-state index contributed by atoms with van der Waals surface area (Å²) in [5.41, 5.74) is 1.50. The summed E-state index contributed by atoms with van der Waals surface area (Å²) in [7, 11) is 1.74. The number of carboxylic acids is 1. The monoisotopic (exact) mass is 377 g/mol. The Morgan fingerprint density at radius 3 is 2.32 bits per heavy atom. The van der Waals surface area contributed by atoms with Crippen molar-refractivity contribution in [1.82, 2.24) is 9.55 Å². The molecule has 0 unspecified atom stereocenters. The minimum atomic E-state index is -1.06. The Morgan fingerprint density at radius 2 is 1.75 bits per heavy atom. The fourth-order valence-electron chi connectivity index (χ4n) is 2.85. The number of carbonyl (C=O) groups is 3. The highest BCUT2D eigenvalue weighted by Crippen LogP contribution is 2.21. The van der Waals surface area contributed by atoms with Gasteiger partial charge in [0.05, 0.1) is 5.92 Å². The van der Waals surface area contributed by atoms with Crippen molar-refractivity contribution in [3.63, 3.8) is 0 Å². The molecule has 28 heavy (non-hydrogen) atoms. The highest BCUT2D eigenvalue weighted by atomic mass is 16.4. The van der Waals surface area contributed by atoms with Crippen molar-refractivity contribution in [2.75, 3.05) is 5.32 Å². The first-order valence-corrected chi connectivity index (χ1v) is 8.65. The van der Waals surface area contributed by atoms with Crippen molar-refractivity contribution in [3.8, 4) is 0 Å². The molecule has 0 spiro atoms. The number of ketones is 1. The van der Waals surface area contributed by atoms with Crippen molar-refractivity contribution < 1.29 is 19.5 Å². The van der Waals surface area contributed by atoms with Crippen molar-refractivity contribution >= 4 is 23.3 Å². The molecule has 0 aliphatic rings. The second kappa shape index (κ2) is 8.30. The van der Waals surface area contributed by atoms with Crippen LogP contribution in [0.3, 0.4) is 0 Å². The summed E-state index contributed by atoms with van der Waals surface area (Å²) in [6.45, 7) is 0. The van der Waals surface area contributed by atoms with Crippen LogP contribution in [0, 0.1) is 0 Å². The van der Waals surface area contributed by atoms with E-state index in [4.69, 9.17) is 0 Å². The molecule has 0 fully saturated rings. The number of aryl methyl sites for hydroxylation is 1. The molecule has 0 saturated heterocycles. The maximum Gasteiger partial charge on any atom is 0.311 e. The van der Waals surface area contributed by atoms with Crippen LogP contribution in [0.1, 0.15) is 34.1 Å². The standard InChI is InChI=1S/C21H19N3O4/c1-24-12-11-22-20(24)19(26)15-7-9-16(10-8-15)23-18(25)13-17(21(27)28)14-5-3-2-4-6-14/h2-12,17H,13H2,1H3,(H,23,25)(H,27,28)/t17-/m0/s1. The molecule has 1 heterocycles. The number of aliphatic carboxylic acids is 1. The molecular weight excluding hydrogens is 358 g/mol. The Labute approximate surface area is 161 Å². The highest BCUT2D eigenvalue weighted by molar-refractivity contribution is 6.07. The van der Waals surface area contributed by atoms with Crippen LogP contribution in [0.4, 0.5) is 5.69 Å². The van der Waals surface area contributed by atoms with E-state index in [0.717, 1.165) is 0 Å². The van der Waals surface area contributed by atoms with Crippen molar-refractivity contribution in [1.29, 1.82) is 0 Å². The van der Waals surface area contributed by atoms with Gasteiger partial charge in [0.1, 0.15) is 0 Å². The fourth-order valence-corrected chi connectivity index (χ4v) is 2.85. The minimum Gasteiger partial charge on any atom is -0.481 e. The number of carboxylic acid groups (broad SMARTS) is 1. The van der Waals surface area contributed by atoms with Crippen LogP contribution < -0.4 is 5.32 Å². The molecule has 1 atom stereocenters. The van der Waals surface area contributed by atoms with Crippen LogP contribution in [-0.4, -0.2) is 32.3 Å². The number of amides is 1. The van der Waals surface area contributed by atoms with E-state index in [1.54, 1.807) is 78.6 Å². The van der Waals surface area contributed by atoms with Crippen molar-refractivity contribution in [2.45, 2.75) is 12.3 Å². The average molecular weight is 377 g/mol. The molecule has 0 aliphatic carbocycles. The lowest BCUT2D eigenvalue weighted by molar-refractivity contribution is -0.140. The smallest absolute Gasteiger partial charge is 0.311 e. The normalized spacial score (nSPS) is 11.6. The van der Waals surface area contributed by atoms with Gasteiger partial charge >= 0.3 is 5.97 Å². The number of hydrogen-bond donors (Lipinski definition) is 2. The second-order valence-corrected chi connectivity index (χ2v) is 6.32. The van der Waals surface area contributed by atoms with Crippen LogP contribution in [-0.2, 0) is 16.6 Å². The molecule has 3 aromatic rings. The first-order chi connectivity index (χ1) is 13.5. The Balaban J connectivity index is 1.66. The van der Waals surface area contributed by atoms with E-state index in [1.165, 1.54) is 0 Å². The second-order valence-electron chi connectivity index (χ2n) is 6.32.